The van der Waals surface area contributed by atoms with Crippen LogP contribution in [0.1, 0.15) is 49.9 Å². The molecule has 7 nitrogen and oxygen atoms in total. The van der Waals surface area contributed by atoms with Crippen molar-refractivity contribution >= 4 is 17.9 Å². The first-order valence-corrected chi connectivity index (χ1v) is 8.92. The van der Waals surface area contributed by atoms with E-state index in [9.17, 15) is 14.4 Å². The molecule has 0 unspecified atom stereocenters. The Labute approximate surface area is 153 Å². The maximum Gasteiger partial charge on any atom is 0.337 e. The molecule has 0 aromatic heterocycles. The number of imide groups is 1. The van der Waals surface area contributed by atoms with Gasteiger partial charge >= 0.3 is 12.0 Å². The Bertz CT molecular complexity index is 668. The summed E-state index contributed by atoms with van der Waals surface area (Å²) in [5.74, 6) is -0.153. The van der Waals surface area contributed by atoms with E-state index in [0.29, 0.717) is 24.2 Å². The molecule has 1 aromatic carbocycles. The highest BCUT2D eigenvalue weighted by atomic mass is 16.5. The SMILES string of the molecule is CCCC1(CCC)NC(=O)N(CCOc2cccc(C(=O)OC)c2)C1=O. The van der Waals surface area contributed by atoms with Crippen molar-refractivity contribution < 1.29 is 23.9 Å². The zero-order valence-corrected chi connectivity index (χ0v) is 15.5. The topological polar surface area (TPSA) is 84.9 Å². The number of benzene rings is 1. The van der Waals surface area contributed by atoms with Gasteiger partial charge in [0.2, 0.25) is 0 Å². The molecule has 0 atom stereocenters. The van der Waals surface area contributed by atoms with Gasteiger partial charge in [-0.3, -0.25) is 9.69 Å². The van der Waals surface area contributed by atoms with Gasteiger partial charge in [0.05, 0.1) is 19.2 Å². The molecule has 1 aromatic rings. The maximum atomic E-state index is 12.8. The van der Waals surface area contributed by atoms with E-state index in [1.165, 1.54) is 12.0 Å². The third-order valence-corrected chi connectivity index (χ3v) is 4.44. The molecule has 7 heteroatoms. The molecule has 2 rings (SSSR count). The third-order valence-electron chi connectivity index (χ3n) is 4.44. The van der Waals surface area contributed by atoms with Gasteiger partial charge in [-0.1, -0.05) is 32.8 Å². The van der Waals surface area contributed by atoms with Gasteiger partial charge in [-0.25, -0.2) is 9.59 Å². The highest BCUT2D eigenvalue weighted by Gasteiger charge is 2.49. The van der Waals surface area contributed by atoms with Crippen LogP contribution in [0.25, 0.3) is 0 Å². The number of rotatable bonds is 9. The average molecular weight is 362 g/mol. The van der Waals surface area contributed by atoms with Gasteiger partial charge in [0, 0.05) is 0 Å². The van der Waals surface area contributed by atoms with E-state index in [0.717, 1.165) is 12.8 Å². The largest absolute Gasteiger partial charge is 0.492 e. The second kappa shape index (κ2) is 8.69. The first-order valence-electron chi connectivity index (χ1n) is 8.92. The summed E-state index contributed by atoms with van der Waals surface area (Å²) in [6.07, 6.45) is 2.89. The van der Waals surface area contributed by atoms with Crippen molar-refractivity contribution in [3.8, 4) is 5.75 Å². The third kappa shape index (κ3) is 4.15. The Morgan fingerprint density at radius 3 is 2.50 bits per heavy atom. The summed E-state index contributed by atoms with van der Waals surface area (Å²) in [6, 6.07) is 6.21. The molecule has 142 valence electrons. The van der Waals surface area contributed by atoms with Crippen LogP contribution in [0, 0.1) is 0 Å². The number of urea groups is 1. The van der Waals surface area contributed by atoms with E-state index >= 15 is 0 Å². The quantitative estimate of drug-likeness (QED) is 0.539. The van der Waals surface area contributed by atoms with Crippen LogP contribution in [0.5, 0.6) is 5.75 Å². The van der Waals surface area contributed by atoms with Crippen LogP contribution >= 0.6 is 0 Å². The van der Waals surface area contributed by atoms with Gasteiger partial charge in [0.25, 0.3) is 5.91 Å². The first-order chi connectivity index (χ1) is 12.5. The number of carbonyl (C=O) groups is 3. The predicted molar refractivity (Wildman–Crippen MR) is 96.1 cm³/mol. The van der Waals surface area contributed by atoms with E-state index in [1.54, 1.807) is 24.3 Å². The van der Waals surface area contributed by atoms with Crippen molar-refractivity contribution in [2.45, 2.75) is 45.1 Å². The number of hydrogen-bond donors (Lipinski definition) is 1. The van der Waals surface area contributed by atoms with Crippen molar-refractivity contribution in [3.63, 3.8) is 0 Å². The molecule has 26 heavy (non-hydrogen) atoms. The van der Waals surface area contributed by atoms with Crippen molar-refractivity contribution in [1.29, 1.82) is 0 Å². The summed E-state index contributed by atoms with van der Waals surface area (Å²) in [5, 5.41) is 2.87. The van der Waals surface area contributed by atoms with Crippen molar-refractivity contribution in [2.24, 2.45) is 0 Å². The fraction of sp³-hybridized carbons (Fsp3) is 0.526. The van der Waals surface area contributed by atoms with E-state index in [2.05, 4.69) is 10.1 Å². The Morgan fingerprint density at radius 2 is 1.88 bits per heavy atom. The van der Waals surface area contributed by atoms with E-state index in [-0.39, 0.29) is 25.1 Å². The van der Waals surface area contributed by atoms with Crippen LogP contribution in [0.3, 0.4) is 0 Å². The molecule has 0 bridgehead atoms. The Morgan fingerprint density at radius 1 is 1.19 bits per heavy atom. The van der Waals surface area contributed by atoms with Crippen LogP contribution in [-0.4, -0.2) is 48.6 Å². The highest BCUT2D eigenvalue weighted by Crippen LogP contribution is 2.28. The standard InChI is InChI=1S/C19H26N2O5/c1-4-9-19(10-5-2)17(23)21(18(24)20-19)11-12-26-15-8-6-7-14(13-15)16(22)25-3/h6-8,13H,4-5,9-12H2,1-3H3,(H,20,24). The van der Waals surface area contributed by atoms with Crippen LogP contribution in [0.4, 0.5) is 4.79 Å². The minimum atomic E-state index is -0.786. The molecular formula is C19H26N2O5. The van der Waals surface area contributed by atoms with Gasteiger partial charge < -0.3 is 14.8 Å². The summed E-state index contributed by atoms with van der Waals surface area (Å²) in [7, 11) is 1.31. The molecule has 0 saturated carbocycles. The van der Waals surface area contributed by atoms with Gasteiger partial charge in [0.1, 0.15) is 17.9 Å². The predicted octanol–water partition coefficient (Wildman–Crippen LogP) is 2.74. The number of nitrogens with one attached hydrogen (secondary N) is 1. The first kappa shape index (κ1) is 19.8. The Hall–Kier alpha value is -2.57. The molecule has 1 aliphatic heterocycles. The second-order valence-electron chi connectivity index (χ2n) is 6.34. The van der Waals surface area contributed by atoms with Crippen LogP contribution in [0.2, 0.25) is 0 Å². The minimum absolute atomic E-state index is 0.151. The van der Waals surface area contributed by atoms with E-state index in [1.807, 2.05) is 13.8 Å². The summed E-state index contributed by atoms with van der Waals surface area (Å²) in [4.78, 5) is 37.8. The van der Waals surface area contributed by atoms with Crippen molar-refractivity contribution in [2.75, 3.05) is 20.3 Å². The van der Waals surface area contributed by atoms with Crippen LogP contribution in [-0.2, 0) is 9.53 Å². The number of methoxy groups -OCH3 is 1. The van der Waals surface area contributed by atoms with Gasteiger partial charge in [-0.2, -0.15) is 0 Å². The lowest BCUT2D eigenvalue weighted by atomic mass is 9.88. The van der Waals surface area contributed by atoms with Gasteiger partial charge in [0.15, 0.2) is 0 Å². The fourth-order valence-electron chi connectivity index (χ4n) is 3.28. The Kier molecular flexibility index (Phi) is 6.60. The molecule has 0 radical (unpaired) electrons. The second-order valence-corrected chi connectivity index (χ2v) is 6.34. The van der Waals surface area contributed by atoms with Gasteiger partial charge in [-0.15, -0.1) is 0 Å². The molecule has 0 spiro atoms. The maximum absolute atomic E-state index is 12.8. The summed E-state index contributed by atoms with van der Waals surface area (Å²) in [5.41, 5.74) is -0.407. The molecule has 1 N–H and O–H groups in total. The minimum Gasteiger partial charge on any atom is -0.492 e. The lowest BCUT2D eigenvalue weighted by Gasteiger charge is -2.25. The lowest BCUT2D eigenvalue weighted by Crippen LogP contribution is -2.47. The molecule has 1 fully saturated rings. The van der Waals surface area contributed by atoms with Crippen LogP contribution in [0.15, 0.2) is 24.3 Å². The van der Waals surface area contributed by atoms with Crippen LogP contribution < -0.4 is 10.1 Å². The number of ether oxygens (including phenoxy) is 2. The smallest absolute Gasteiger partial charge is 0.337 e. The van der Waals surface area contributed by atoms with E-state index < -0.39 is 11.5 Å². The van der Waals surface area contributed by atoms with Crippen molar-refractivity contribution in [1.82, 2.24) is 10.2 Å². The molecule has 0 aliphatic carbocycles. The molecule has 1 saturated heterocycles. The number of hydrogen-bond acceptors (Lipinski definition) is 5. The number of amides is 3. The summed E-state index contributed by atoms with van der Waals surface area (Å²) in [6.45, 7) is 4.30. The Balaban J connectivity index is 1.98. The number of nitrogens with zero attached hydrogens (tertiary/aromatic N) is 1. The zero-order chi connectivity index (χ0) is 19.2. The molecule has 1 aliphatic rings. The molecule has 1 heterocycles. The van der Waals surface area contributed by atoms with E-state index in [4.69, 9.17) is 4.74 Å². The van der Waals surface area contributed by atoms with Gasteiger partial charge in [-0.05, 0) is 31.0 Å². The monoisotopic (exact) mass is 362 g/mol. The number of esters is 1. The van der Waals surface area contributed by atoms with Crippen molar-refractivity contribution in [3.05, 3.63) is 29.8 Å². The average Bonchev–Trinajstić information content (AvgIpc) is 2.86. The lowest BCUT2D eigenvalue weighted by molar-refractivity contribution is -0.132. The zero-order valence-electron chi connectivity index (χ0n) is 15.5. The number of carbonyl (C=O) groups excluding carboxylic acids is 3. The molecule has 3 amide bonds. The molecular weight excluding hydrogens is 336 g/mol. The summed E-state index contributed by atoms with van der Waals surface area (Å²) >= 11 is 0. The highest BCUT2D eigenvalue weighted by molar-refractivity contribution is 6.07. The fourth-order valence-corrected chi connectivity index (χ4v) is 3.28. The normalized spacial score (nSPS) is 15.7. The summed E-state index contributed by atoms with van der Waals surface area (Å²) < 4.78 is 10.3.